The first kappa shape index (κ1) is 11.9. The second kappa shape index (κ2) is 6.26. The lowest BCUT2D eigenvalue weighted by Gasteiger charge is -2.11. The molecular formula is C13H18BrNO. The van der Waals surface area contributed by atoms with Gasteiger partial charge in [-0.3, -0.25) is 0 Å². The van der Waals surface area contributed by atoms with Crippen molar-refractivity contribution in [1.82, 2.24) is 0 Å². The summed E-state index contributed by atoms with van der Waals surface area (Å²) in [6, 6.07) is 8.23. The van der Waals surface area contributed by atoms with Gasteiger partial charge in [-0.25, -0.2) is 0 Å². The molecule has 16 heavy (non-hydrogen) atoms. The lowest BCUT2D eigenvalue weighted by molar-refractivity contribution is 0.103. The topological polar surface area (TPSA) is 21.3 Å². The zero-order chi connectivity index (χ0) is 11.2. The Kier molecular flexibility index (Phi) is 4.67. The monoisotopic (exact) mass is 283 g/mol. The lowest BCUT2D eigenvalue weighted by Crippen LogP contribution is -2.09. The van der Waals surface area contributed by atoms with Crippen molar-refractivity contribution in [3.63, 3.8) is 0 Å². The Labute approximate surface area is 106 Å². The molecule has 0 radical (unpaired) electrons. The van der Waals surface area contributed by atoms with E-state index in [4.69, 9.17) is 4.74 Å². The van der Waals surface area contributed by atoms with Crippen LogP contribution in [0, 0.1) is 0 Å². The highest BCUT2D eigenvalue weighted by molar-refractivity contribution is 9.10. The summed E-state index contributed by atoms with van der Waals surface area (Å²) < 4.78 is 6.72. The number of para-hydroxylation sites is 1. The van der Waals surface area contributed by atoms with Gasteiger partial charge in [0.1, 0.15) is 0 Å². The quantitative estimate of drug-likeness (QED) is 0.830. The smallest absolute Gasteiger partial charge is 0.0576 e. The predicted octanol–water partition coefficient (Wildman–Crippen LogP) is 3.82. The van der Waals surface area contributed by atoms with Crippen LogP contribution in [0.25, 0.3) is 0 Å². The number of hydrogen-bond acceptors (Lipinski definition) is 2. The van der Waals surface area contributed by atoms with Gasteiger partial charge < -0.3 is 10.1 Å². The Balaban J connectivity index is 1.66. The van der Waals surface area contributed by atoms with E-state index in [9.17, 15) is 0 Å². The van der Waals surface area contributed by atoms with Crippen LogP contribution in [0.4, 0.5) is 5.69 Å². The van der Waals surface area contributed by atoms with E-state index in [2.05, 4.69) is 33.4 Å². The van der Waals surface area contributed by atoms with Crippen molar-refractivity contribution in [2.24, 2.45) is 0 Å². The molecular weight excluding hydrogens is 266 g/mol. The van der Waals surface area contributed by atoms with Gasteiger partial charge in [0.25, 0.3) is 0 Å². The summed E-state index contributed by atoms with van der Waals surface area (Å²) in [5.74, 6) is 0. The van der Waals surface area contributed by atoms with Gasteiger partial charge in [0.15, 0.2) is 0 Å². The average Bonchev–Trinajstić information content (AvgIpc) is 2.79. The summed E-state index contributed by atoms with van der Waals surface area (Å²) in [6.45, 7) is 1.98. The number of ether oxygens (including phenoxy) is 1. The van der Waals surface area contributed by atoms with Crippen LogP contribution in [0.3, 0.4) is 0 Å². The minimum absolute atomic E-state index is 0.515. The van der Waals surface area contributed by atoms with E-state index in [1.807, 2.05) is 12.1 Å². The van der Waals surface area contributed by atoms with Gasteiger partial charge in [-0.1, -0.05) is 12.1 Å². The molecule has 1 fully saturated rings. The van der Waals surface area contributed by atoms with Crippen LogP contribution < -0.4 is 5.32 Å². The van der Waals surface area contributed by atoms with E-state index < -0.39 is 0 Å². The second-order valence-corrected chi connectivity index (χ2v) is 5.04. The van der Waals surface area contributed by atoms with Gasteiger partial charge >= 0.3 is 0 Å². The molecule has 2 rings (SSSR count). The van der Waals surface area contributed by atoms with Gasteiger partial charge in [-0.05, 0) is 53.7 Å². The third-order valence-electron chi connectivity index (χ3n) is 2.92. The van der Waals surface area contributed by atoms with E-state index in [0.29, 0.717) is 6.10 Å². The number of nitrogens with one attached hydrogen (secondary N) is 1. The molecule has 3 heteroatoms. The summed E-state index contributed by atoms with van der Waals surface area (Å²) in [4.78, 5) is 0. The van der Waals surface area contributed by atoms with Crippen molar-refractivity contribution in [1.29, 1.82) is 0 Å². The molecule has 1 saturated heterocycles. The molecule has 0 amide bonds. The van der Waals surface area contributed by atoms with Crippen molar-refractivity contribution in [2.45, 2.75) is 31.8 Å². The van der Waals surface area contributed by atoms with Gasteiger partial charge in [0.05, 0.1) is 6.10 Å². The van der Waals surface area contributed by atoms with Crippen LogP contribution in [0.1, 0.15) is 25.7 Å². The first-order chi connectivity index (χ1) is 7.86. The van der Waals surface area contributed by atoms with E-state index in [-0.39, 0.29) is 0 Å². The minimum atomic E-state index is 0.515. The molecule has 0 bridgehead atoms. The third-order valence-corrected chi connectivity index (χ3v) is 3.61. The molecule has 1 unspecified atom stereocenters. The molecule has 1 N–H and O–H groups in total. The molecule has 0 spiro atoms. The second-order valence-electron chi connectivity index (χ2n) is 4.18. The van der Waals surface area contributed by atoms with Gasteiger partial charge in [0, 0.05) is 23.3 Å². The van der Waals surface area contributed by atoms with Crippen molar-refractivity contribution < 1.29 is 4.74 Å². The number of rotatable bonds is 5. The largest absolute Gasteiger partial charge is 0.384 e. The summed E-state index contributed by atoms with van der Waals surface area (Å²) in [6.07, 6.45) is 5.35. The molecule has 0 aliphatic carbocycles. The maximum absolute atomic E-state index is 5.59. The zero-order valence-electron chi connectivity index (χ0n) is 9.42. The fourth-order valence-corrected chi connectivity index (χ4v) is 2.45. The fraction of sp³-hybridized carbons (Fsp3) is 0.538. The number of benzene rings is 1. The SMILES string of the molecule is Brc1ccccc1NCCCC1CCCO1. The summed E-state index contributed by atoms with van der Waals surface area (Å²) >= 11 is 3.53. The molecule has 1 heterocycles. The molecule has 1 aliphatic rings. The van der Waals surface area contributed by atoms with Crippen LogP contribution in [-0.2, 0) is 4.74 Å². The zero-order valence-corrected chi connectivity index (χ0v) is 11.0. The Morgan fingerprint density at radius 2 is 2.25 bits per heavy atom. The minimum Gasteiger partial charge on any atom is -0.384 e. The Morgan fingerprint density at radius 3 is 3.00 bits per heavy atom. The van der Waals surface area contributed by atoms with E-state index in [0.717, 1.165) is 17.6 Å². The van der Waals surface area contributed by atoms with Crippen LogP contribution in [0.15, 0.2) is 28.7 Å². The van der Waals surface area contributed by atoms with Gasteiger partial charge in [-0.15, -0.1) is 0 Å². The Bertz CT molecular complexity index is 323. The highest BCUT2D eigenvalue weighted by Gasteiger charge is 2.14. The first-order valence-corrected chi connectivity index (χ1v) is 6.75. The van der Waals surface area contributed by atoms with Crippen molar-refractivity contribution >= 4 is 21.6 Å². The number of anilines is 1. The maximum atomic E-state index is 5.59. The molecule has 1 aromatic carbocycles. The number of hydrogen-bond donors (Lipinski definition) is 1. The lowest BCUT2D eigenvalue weighted by atomic mass is 10.1. The molecule has 88 valence electrons. The van der Waals surface area contributed by atoms with Crippen LogP contribution in [0.2, 0.25) is 0 Å². The highest BCUT2D eigenvalue weighted by atomic mass is 79.9. The number of halogens is 1. The third kappa shape index (κ3) is 3.49. The van der Waals surface area contributed by atoms with Crippen molar-refractivity contribution in [2.75, 3.05) is 18.5 Å². The van der Waals surface area contributed by atoms with Crippen molar-refractivity contribution in [3.05, 3.63) is 28.7 Å². The Hall–Kier alpha value is -0.540. The van der Waals surface area contributed by atoms with E-state index in [1.54, 1.807) is 0 Å². The first-order valence-electron chi connectivity index (χ1n) is 5.96. The molecule has 0 saturated carbocycles. The molecule has 1 atom stereocenters. The van der Waals surface area contributed by atoms with Crippen LogP contribution in [0.5, 0.6) is 0 Å². The van der Waals surface area contributed by atoms with Crippen LogP contribution >= 0.6 is 15.9 Å². The van der Waals surface area contributed by atoms with E-state index >= 15 is 0 Å². The normalized spacial score (nSPS) is 19.9. The van der Waals surface area contributed by atoms with Gasteiger partial charge in [-0.2, -0.15) is 0 Å². The van der Waals surface area contributed by atoms with Crippen LogP contribution in [-0.4, -0.2) is 19.3 Å². The standard InChI is InChI=1S/C13H18BrNO/c14-12-7-1-2-8-13(12)15-9-3-5-11-6-4-10-16-11/h1-2,7-8,11,15H,3-6,9-10H2. The molecule has 0 aromatic heterocycles. The summed E-state index contributed by atoms with van der Waals surface area (Å²) in [5.41, 5.74) is 1.18. The van der Waals surface area contributed by atoms with E-state index in [1.165, 1.54) is 31.4 Å². The Morgan fingerprint density at radius 1 is 1.38 bits per heavy atom. The summed E-state index contributed by atoms with van der Waals surface area (Å²) in [7, 11) is 0. The van der Waals surface area contributed by atoms with Gasteiger partial charge in [0.2, 0.25) is 0 Å². The maximum Gasteiger partial charge on any atom is 0.0576 e. The molecule has 2 nitrogen and oxygen atoms in total. The molecule has 1 aromatic rings. The average molecular weight is 284 g/mol. The summed E-state index contributed by atoms with van der Waals surface area (Å²) in [5, 5.41) is 3.43. The highest BCUT2D eigenvalue weighted by Crippen LogP contribution is 2.21. The van der Waals surface area contributed by atoms with Crippen molar-refractivity contribution in [3.8, 4) is 0 Å². The predicted molar refractivity (Wildman–Crippen MR) is 70.8 cm³/mol. The fourth-order valence-electron chi connectivity index (χ4n) is 2.03. The molecule has 1 aliphatic heterocycles.